The molecule has 0 amide bonds. The van der Waals surface area contributed by atoms with Crippen LogP contribution in [0.25, 0.3) is 0 Å². The molecule has 0 radical (unpaired) electrons. The third kappa shape index (κ3) is 6.74. The predicted molar refractivity (Wildman–Crippen MR) is 128 cm³/mol. The number of guanidine groups is 1. The number of aliphatic imine (C=N–C) groups is 1. The Morgan fingerprint density at radius 2 is 1.88 bits per heavy atom. The summed E-state index contributed by atoms with van der Waals surface area (Å²) in [4.78, 5) is 6.89. The lowest BCUT2D eigenvalue weighted by Gasteiger charge is -2.35. The van der Waals surface area contributed by atoms with E-state index in [0.717, 1.165) is 43.6 Å². The first-order chi connectivity index (χ1) is 15.1. The second-order valence-corrected chi connectivity index (χ2v) is 10.0. The monoisotopic (exact) mass is 482 g/mol. The molecule has 2 aromatic carbocycles. The number of ether oxygens (including phenoxy) is 1. The standard InChI is InChI=1S/C22H28ClFN4O3S/c1-15(16-10-12-28(13-11-16)18-5-7-19(31-2)8-6-18)25-22(27-32(3,29)30)26-17-4-9-20(23)21(24)14-17/h4-9,14-16H,10-13H2,1-3H3,(H2,25,26,27). The molecule has 1 aliphatic heterocycles. The summed E-state index contributed by atoms with van der Waals surface area (Å²) >= 11 is 5.73. The molecule has 10 heteroatoms. The molecule has 1 atom stereocenters. The highest BCUT2D eigenvalue weighted by Crippen LogP contribution is 2.28. The zero-order chi connectivity index (χ0) is 23.3. The lowest BCUT2D eigenvalue weighted by Crippen LogP contribution is -2.39. The van der Waals surface area contributed by atoms with E-state index in [-0.39, 0.29) is 22.9 Å². The molecule has 2 N–H and O–H groups in total. The van der Waals surface area contributed by atoms with Gasteiger partial charge in [0.2, 0.25) is 16.0 Å². The van der Waals surface area contributed by atoms with Gasteiger partial charge in [0.25, 0.3) is 0 Å². The van der Waals surface area contributed by atoms with Gasteiger partial charge < -0.3 is 15.0 Å². The Hall–Kier alpha value is -2.52. The molecule has 0 aliphatic carbocycles. The van der Waals surface area contributed by atoms with Crippen LogP contribution in [0.15, 0.2) is 47.5 Å². The van der Waals surface area contributed by atoms with Crippen molar-refractivity contribution in [2.75, 3.05) is 36.7 Å². The molecule has 2 aromatic rings. The number of hydrogen-bond acceptors (Lipinski definition) is 5. The topological polar surface area (TPSA) is 83.0 Å². The molecule has 7 nitrogen and oxygen atoms in total. The van der Waals surface area contributed by atoms with Gasteiger partial charge in [0.1, 0.15) is 11.6 Å². The molecule has 1 aliphatic rings. The normalized spacial score (nSPS) is 16.5. The van der Waals surface area contributed by atoms with Gasteiger partial charge >= 0.3 is 0 Å². The maximum atomic E-state index is 13.8. The van der Waals surface area contributed by atoms with Crippen LogP contribution >= 0.6 is 11.6 Å². The molecule has 1 saturated heterocycles. The summed E-state index contributed by atoms with van der Waals surface area (Å²) < 4.78 is 45.0. The van der Waals surface area contributed by atoms with Crippen molar-refractivity contribution in [2.24, 2.45) is 10.9 Å². The summed E-state index contributed by atoms with van der Waals surface area (Å²) in [6.07, 6.45) is 2.88. The molecule has 1 heterocycles. The van der Waals surface area contributed by atoms with Crippen molar-refractivity contribution < 1.29 is 17.5 Å². The van der Waals surface area contributed by atoms with Gasteiger partial charge in [0.05, 0.1) is 24.4 Å². The molecule has 1 fully saturated rings. The molecule has 1 unspecified atom stereocenters. The van der Waals surface area contributed by atoms with Crippen molar-refractivity contribution in [1.82, 2.24) is 4.72 Å². The van der Waals surface area contributed by atoms with Crippen LogP contribution in [0.3, 0.4) is 0 Å². The van der Waals surface area contributed by atoms with E-state index in [4.69, 9.17) is 16.3 Å². The maximum absolute atomic E-state index is 13.8. The number of rotatable bonds is 6. The Labute approximate surface area is 193 Å². The van der Waals surface area contributed by atoms with E-state index in [1.165, 1.54) is 12.1 Å². The smallest absolute Gasteiger partial charge is 0.232 e. The Bertz CT molecular complexity index is 1060. The number of sulfonamides is 1. The number of anilines is 2. The average molecular weight is 483 g/mol. The van der Waals surface area contributed by atoms with E-state index in [9.17, 15) is 12.8 Å². The van der Waals surface area contributed by atoms with Gasteiger partial charge in [0, 0.05) is 24.5 Å². The Morgan fingerprint density at radius 1 is 1.22 bits per heavy atom. The van der Waals surface area contributed by atoms with Gasteiger partial charge in [0.15, 0.2) is 0 Å². The molecule has 3 rings (SSSR count). The number of hydrogen-bond donors (Lipinski definition) is 2. The van der Waals surface area contributed by atoms with Crippen LogP contribution in [0.5, 0.6) is 5.75 Å². The molecule has 32 heavy (non-hydrogen) atoms. The summed E-state index contributed by atoms with van der Waals surface area (Å²) in [5.74, 6) is 0.559. The molecule has 174 valence electrons. The van der Waals surface area contributed by atoms with Gasteiger partial charge in [-0.1, -0.05) is 11.6 Å². The fraction of sp³-hybridized carbons (Fsp3) is 0.409. The van der Waals surface area contributed by atoms with Crippen LogP contribution in [-0.4, -0.2) is 46.9 Å². The van der Waals surface area contributed by atoms with Crippen LogP contribution < -0.4 is 19.7 Å². The lowest BCUT2D eigenvalue weighted by molar-refractivity contribution is 0.355. The van der Waals surface area contributed by atoms with E-state index >= 15 is 0 Å². The van der Waals surface area contributed by atoms with Crippen molar-refractivity contribution in [3.8, 4) is 5.75 Å². The highest BCUT2D eigenvalue weighted by Gasteiger charge is 2.25. The number of halogens is 2. The minimum atomic E-state index is -3.57. The zero-order valence-corrected chi connectivity index (χ0v) is 19.9. The Kier molecular flexibility index (Phi) is 7.84. The number of piperidine rings is 1. The highest BCUT2D eigenvalue weighted by molar-refractivity contribution is 7.89. The van der Waals surface area contributed by atoms with Crippen LogP contribution in [0.4, 0.5) is 15.8 Å². The minimum absolute atomic E-state index is 0.0119. The van der Waals surface area contributed by atoms with Crippen molar-refractivity contribution in [3.05, 3.63) is 53.3 Å². The second kappa shape index (κ2) is 10.4. The van der Waals surface area contributed by atoms with Crippen LogP contribution in [0, 0.1) is 11.7 Å². The second-order valence-electron chi connectivity index (χ2n) is 7.87. The number of methoxy groups -OCH3 is 1. The number of benzene rings is 2. The van der Waals surface area contributed by atoms with Crippen LogP contribution in [0.2, 0.25) is 5.02 Å². The van der Waals surface area contributed by atoms with Crippen molar-refractivity contribution in [3.63, 3.8) is 0 Å². The molecule has 0 aromatic heterocycles. The largest absolute Gasteiger partial charge is 0.497 e. The highest BCUT2D eigenvalue weighted by atomic mass is 35.5. The first-order valence-corrected chi connectivity index (χ1v) is 12.6. The summed E-state index contributed by atoms with van der Waals surface area (Å²) in [5.41, 5.74) is 1.49. The average Bonchev–Trinajstić information content (AvgIpc) is 2.75. The fourth-order valence-corrected chi connectivity index (χ4v) is 4.29. The van der Waals surface area contributed by atoms with E-state index in [2.05, 4.69) is 19.9 Å². The molecular weight excluding hydrogens is 455 g/mol. The van der Waals surface area contributed by atoms with Gasteiger partial charge in [-0.05, 0) is 68.1 Å². The quantitative estimate of drug-likeness (QED) is 0.478. The third-order valence-electron chi connectivity index (χ3n) is 5.46. The van der Waals surface area contributed by atoms with E-state index in [1.807, 2.05) is 31.2 Å². The Balaban J connectivity index is 1.67. The summed E-state index contributed by atoms with van der Waals surface area (Å²) in [6.45, 7) is 3.71. The van der Waals surface area contributed by atoms with E-state index < -0.39 is 15.8 Å². The van der Waals surface area contributed by atoms with Crippen molar-refractivity contribution in [1.29, 1.82) is 0 Å². The summed E-state index contributed by atoms with van der Waals surface area (Å²) in [6, 6.07) is 12.0. The predicted octanol–water partition coefficient (Wildman–Crippen LogP) is 4.11. The maximum Gasteiger partial charge on any atom is 0.232 e. The van der Waals surface area contributed by atoms with Gasteiger partial charge in [-0.25, -0.2) is 17.8 Å². The number of nitrogens with one attached hydrogen (secondary N) is 2. The molecule has 0 spiro atoms. The molecular formula is C22H28ClFN4O3S. The van der Waals surface area contributed by atoms with Crippen LogP contribution in [-0.2, 0) is 10.0 Å². The van der Waals surface area contributed by atoms with Gasteiger partial charge in [-0.2, -0.15) is 0 Å². The van der Waals surface area contributed by atoms with Crippen LogP contribution in [0.1, 0.15) is 19.8 Å². The summed E-state index contributed by atoms with van der Waals surface area (Å²) in [7, 11) is -1.92. The fourth-order valence-electron chi connectivity index (χ4n) is 3.71. The van der Waals surface area contributed by atoms with Gasteiger partial charge in [-0.3, -0.25) is 4.72 Å². The summed E-state index contributed by atoms with van der Waals surface area (Å²) in [5, 5.41) is 2.85. The Morgan fingerprint density at radius 3 is 2.44 bits per heavy atom. The zero-order valence-electron chi connectivity index (χ0n) is 18.3. The first kappa shape index (κ1) is 24.1. The minimum Gasteiger partial charge on any atom is -0.497 e. The third-order valence-corrected chi connectivity index (χ3v) is 6.33. The number of nitrogens with zero attached hydrogens (tertiary/aromatic N) is 2. The SMILES string of the molecule is COc1ccc(N2CCC(C(C)N=C(Nc3ccc(Cl)c(F)c3)NS(C)(=O)=O)CC2)cc1. The lowest BCUT2D eigenvalue weighted by atomic mass is 9.90. The van der Waals surface area contributed by atoms with Crippen molar-refractivity contribution in [2.45, 2.75) is 25.8 Å². The van der Waals surface area contributed by atoms with Crippen molar-refractivity contribution >= 4 is 39.0 Å². The molecule has 0 bridgehead atoms. The molecule has 0 saturated carbocycles. The first-order valence-electron chi connectivity index (χ1n) is 10.3. The van der Waals surface area contributed by atoms with E-state index in [1.54, 1.807) is 13.2 Å². The van der Waals surface area contributed by atoms with E-state index in [0.29, 0.717) is 5.69 Å². The van der Waals surface area contributed by atoms with Gasteiger partial charge in [-0.15, -0.1) is 0 Å².